The number of carbonyl (C=O) groups is 2. The molecule has 1 fully saturated rings. The van der Waals surface area contributed by atoms with E-state index in [1.807, 2.05) is 17.6 Å². The van der Waals surface area contributed by atoms with Crippen LogP contribution in [0.4, 0.5) is 4.79 Å². The summed E-state index contributed by atoms with van der Waals surface area (Å²) in [7, 11) is 0. The molecule has 1 aliphatic rings. The lowest BCUT2D eigenvalue weighted by molar-refractivity contribution is -0.126. The maximum absolute atomic E-state index is 12.4. The molecule has 1 N–H and O–H groups in total. The number of nitrogens with zero attached hydrogens (tertiary/aromatic N) is 4. The molecule has 3 heterocycles. The fourth-order valence-corrected chi connectivity index (χ4v) is 3.33. The van der Waals surface area contributed by atoms with E-state index in [4.69, 9.17) is 4.42 Å². The van der Waals surface area contributed by atoms with Gasteiger partial charge < -0.3 is 9.73 Å². The lowest BCUT2D eigenvalue weighted by Crippen LogP contribution is -2.39. The second-order valence-corrected chi connectivity index (χ2v) is 6.32. The topological polar surface area (TPSA) is 93.3 Å². The molecule has 1 atom stereocenters. The first-order valence-electron chi connectivity index (χ1n) is 7.34. The summed E-state index contributed by atoms with van der Waals surface area (Å²) in [4.78, 5) is 25.2. The van der Waals surface area contributed by atoms with Crippen LogP contribution in [0.25, 0.3) is 11.6 Å². The van der Waals surface area contributed by atoms with Gasteiger partial charge in [-0.25, -0.2) is 4.79 Å². The summed E-state index contributed by atoms with van der Waals surface area (Å²) >= 11 is 1.29. The number of amides is 3. The predicted molar refractivity (Wildman–Crippen MR) is 83.8 cm³/mol. The largest absolute Gasteiger partial charge is 0.461 e. The minimum absolute atomic E-state index is 0.227. The second-order valence-electron chi connectivity index (χ2n) is 5.01. The van der Waals surface area contributed by atoms with Crippen molar-refractivity contribution in [3.63, 3.8) is 0 Å². The Kier molecular flexibility index (Phi) is 4.37. The molecule has 0 aromatic carbocycles. The van der Waals surface area contributed by atoms with Crippen LogP contribution in [-0.4, -0.2) is 49.9 Å². The first-order valence-corrected chi connectivity index (χ1v) is 8.22. The number of imide groups is 1. The van der Waals surface area contributed by atoms with Crippen LogP contribution in [0.2, 0.25) is 0 Å². The van der Waals surface area contributed by atoms with E-state index >= 15 is 0 Å². The number of aromatic nitrogens is 3. The normalized spacial score (nSPS) is 15.7. The van der Waals surface area contributed by atoms with Gasteiger partial charge in [-0.05, 0) is 26.0 Å². The summed E-state index contributed by atoms with van der Waals surface area (Å²) in [6.45, 7) is 5.28. The van der Waals surface area contributed by atoms with Crippen molar-refractivity contribution in [2.45, 2.75) is 30.8 Å². The molecule has 9 heteroatoms. The van der Waals surface area contributed by atoms with Gasteiger partial charge in [0.1, 0.15) is 0 Å². The smallest absolute Gasteiger partial charge is 0.324 e. The van der Waals surface area contributed by atoms with Crippen molar-refractivity contribution in [2.75, 3.05) is 13.1 Å². The maximum Gasteiger partial charge on any atom is 0.324 e. The molecule has 0 saturated carbocycles. The molecular formula is C14H17N5O3S. The summed E-state index contributed by atoms with van der Waals surface area (Å²) in [5.41, 5.74) is 0. The van der Waals surface area contributed by atoms with E-state index in [0.29, 0.717) is 36.4 Å². The van der Waals surface area contributed by atoms with Gasteiger partial charge in [0.15, 0.2) is 16.7 Å². The van der Waals surface area contributed by atoms with Crippen molar-refractivity contribution in [3.05, 3.63) is 18.4 Å². The van der Waals surface area contributed by atoms with E-state index in [0.717, 1.165) is 0 Å². The zero-order chi connectivity index (χ0) is 16.4. The maximum atomic E-state index is 12.4. The van der Waals surface area contributed by atoms with Gasteiger partial charge in [-0.1, -0.05) is 11.8 Å². The van der Waals surface area contributed by atoms with E-state index in [9.17, 15) is 9.59 Å². The summed E-state index contributed by atoms with van der Waals surface area (Å²) in [5, 5.41) is 11.1. The fourth-order valence-electron chi connectivity index (χ4n) is 2.36. The number of urea groups is 1. The Morgan fingerprint density at radius 2 is 2.35 bits per heavy atom. The first-order chi connectivity index (χ1) is 11.1. The third kappa shape index (κ3) is 2.96. The monoisotopic (exact) mass is 335 g/mol. The number of hydrogen-bond acceptors (Lipinski definition) is 6. The Balaban J connectivity index is 1.77. The molecule has 0 unspecified atom stereocenters. The van der Waals surface area contributed by atoms with Crippen LogP contribution in [0.15, 0.2) is 28.0 Å². The number of nitrogens with one attached hydrogen (secondary N) is 1. The zero-order valence-electron chi connectivity index (χ0n) is 12.9. The molecule has 3 rings (SSSR count). The molecule has 1 saturated heterocycles. The van der Waals surface area contributed by atoms with Crippen LogP contribution < -0.4 is 5.32 Å². The van der Waals surface area contributed by atoms with E-state index < -0.39 is 5.25 Å². The predicted octanol–water partition coefficient (Wildman–Crippen LogP) is 1.59. The number of carbonyl (C=O) groups excluding carboxylic acids is 2. The minimum Gasteiger partial charge on any atom is -0.461 e. The van der Waals surface area contributed by atoms with Gasteiger partial charge in [0.2, 0.25) is 5.91 Å². The minimum atomic E-state index is -0.433. The molecule has 3 amide bonds. The lowest BCUT2D eigenvalue weighted by atomic mass is 10.4. The van der Waals surface area contributed by atoms with Crippen molar-refractivity contribution < 1.29 is 14.0 Å². The van der Waals surface area contributed by atoms with E-state index in [2.05, 4.69) is 15.5 Å². The molecule has 8 nitrogen and oxygen atoms in total. The van der Waals surface area contributed by atoms with Gasteiger partial charge in [-0.15, -0.1) is 10.2 Å². The first kappa shape index (κ1) is 15.6. The van der Waals surface area contributed by atoms with Gasteiger partial charge in [0.05, 0.1) is 11.5 Å². The van der Waals surface area contributed by atoms with Crippen molar-refractivity contribution >= 4 is 23.7 Å². The highest BCUT2D eigenvalue weighted by molar-refractivity contribution is 8.00. The molecule has 2 aromatic heterocycles. The van der Waals surface area contributed by atoms with E-state index in [1.165, 1.54) is 16.7 Å². The Morgan fingerprint density at radius 3 is 2.96 bits per heavy atom. The quantitative estimate of drug-likeness (QED) is 0.834. The van der Waals surface area contributed by atoms with Gasteiger partial charge in [-0.3, -0.25) is 14.3 Å². The fraction of sp³-hybridized carbons (Fsp3) is 0.429. The Hall–Kier alpha value is -2.29. The highest BCUT2D eigenvalue weighted by Crippen LogP contribution is 2.27. The second kappa shape index (κ2) is 6.45. The summed E-state index contributed by atoms with van der Waals surface area (Å²) in [5.74, 6) is 1.03. The molecule has 0 aliphatic carbocycles. The third-order valence-corrected chi connectivity index (χ3v) is 4.60. The van der Waals surface area contributed by atoms with Gasteiger partial charge in [-0.2, -0.15) is 0 Å². The van der Waals surface area contributed by atoms with Crippen molar-refractivity contribution in [2.24, 2.45) is 0 Å². The highest BCUT2D eigenvalue weighted by Gasteiger charge is 2.31. The molecule has 2 aromatic rings. The van der Waals surface area contributed by atoms with Crippen LogP contribution in [-0.2, 0) is 11.3 Å². The SMILES string of the molecule is CCn1c(S[C@@H](C)C(=O)N2CCNC2=O)nnc1-c1ccco1. The van der Waals surface area contributed by atoms with Crippen LogP contribution in [0.1, 0.15) is 13.8 Å². The van der Waals surface area contributed by atoms with E-state index in [-0.39, 0.29) is 11.9 Å². The van der Waals surface area contributed by atoms with Gasteiger partial charge in [0.25, 0.3) is 0 Å². The van der Waals surface area contributed by atoms with Crippen molar-refractivity contribution in [1.82, 2.24) is 25.0 Å². The molecule has 1 aliphatic heterocycles. The molecule has 122 valence electrons. The van der Waals surface area contributed by atoms with Crippen LogP contribution in [0.3, 0.4) is 0 Å². The molecular weight excluding hydrogens is 318 g/mol. The standard InChI is InChI=1S/C14H17N5O3S/c1-3-18-11(10-5-4-8-22-10)16-17-14(18)23-9(2)12(20)19-7-6-15-13(19)21/h4-5,8-9H,3,6-7H2,1-2H3,(H,15,21)/t9-/m0/s1. The molecule has 0 spiro atoms. The zero-order valence-corrected chi connectivity index (χ0v) is 13.7. The Bertz CT molecular complexity index is 712. The average Bonchev–Trinajstić information content (AvgIpc) is 3.26. The van der Waals surface area contributed by atoms with Crippen LogP contribution in [0, 0.1) is 0 Å². The molecule has 23 heavy (non-hydrogen) atoms. The van der Waals surface area contributed by atoms with Crippen molar-refractivity contribution in [3.8, 4) is 11.6 Å². The van der Waals surface area contributed by atoms with Gasteiger partial charge >= 0.3 is 6.03 Å². The summed E-state index contributed by atoms with van der Waals surface area (Å²) < 4.78 is 7.25. The highest BCUT2D eigenvalue weighted by atomic mass is 32.2. The Morgan fingerprint density at radius 1 is 1.52 bits per heavy atom. The summed E-state index contributed by atoms with van der Waals surface area (Å²) in [6.07, 6.45) is 1.58. The number of rotatable bonds is 5. The Labute approximate surface area is 137 Å². The van der Waals surface area contributed by atoms with Crippen LogP contribution in [0.5, 0.6) is 0 Å². The van der Waals surface area contributed by atoms with Crippen molar-refractivity contribution in [1.29, 1.82) is 0 Å². The van der Waals surface area contributed by atoms with E-state index in [1.54, 1.807) is 19.3 Å². The molecule has 0 bridgehead atoms. The third-order valence-electron chi connectivity index (χ3n) is 3.53. The number of hydrogen-bond donors (Lipinski definition) is 1. The number of furan rings is 1. The van der Waals surface area contributed by atoms with Crippen LogP contribution >= 0.6 is 11.8 Å². The number of thioether (sulfide) groups is 1. The average molecular weight is 335 g/mol. The lowest BCUT2D eigenvalue weighted by Gasteiger charge is -2.17. The molecule has 0 radical (unpaired) electrons. The summed E-state index contributed by atoms with van der Waals surface area (Å²) in [6, 6.07) is 3.26. The van der Waals surface area contributed by atoms with Gasteiger partial charge in [0, 0.05) is 19.6 Å².